The molecule has 0 N–H and O–H groups in total. The van der Waals surface area contributed by atoms with Crippen molar-refractivity contribution >= 4 is 0 Å². The van der Waals surface area contributed by atoms with Gasteiger partial charge < -0.3 is 4.90 Å². The predicted molar refractivity (Wildman–Crippen MR) is 53.6 cm³/mol. The summed E-state index contributed by atoms with van der Waals surface area (Å²) in [4.78, 5) is 2.16. The van der Waals surface area contributed by atoms with Crippen molar-refractivity contribution in [3.05, 3.63) is 36.7 Å². The van der Waals surface area contributed by atoms with E-state index in [0.29, 0.717) is 0 Å². The molecule has 0 atom stereocenters. The van der Waals surface area contributed by atoms with Crippen molar-refractivity contribution < 1.29 is 0 Å². The summed E-state index contributed by atoms with van der Waals surface area (Å²) in [7, 11) is 0. The highest BCUT2D eigenvalue weighted by molar-refractivity contribution is 5.39. The molecule has 0 radical (unpaired) electrons. The van der Waals surface area contributed by atoms with Crippen molar-refractivity contribution in [2.24, 2.45) is 0 Å². The van der Waals surface area contributed by atoms with Crippen LogP contribution in [0.4, 0.5) is 0 Å². The molecule has 0 aromatic heterocycles. The Morgan fingerprint density at radius 3 is 1.83 bits per heavy atom. The Morgan fingerprint density at radius 1 is 1.17 bits per heavy atom. The molecular formula is C11H17N. The van der Waals surface area contributed by atoms with Gasteiger partial charge >= 0.3 is 0 Å². The maximum Gasteiger partial charge on any atom is 0.0370 e. The Labute approximate surface area is 75.1 Å². The molecule has 0 saturated carbocycles. The third kappa shape index (κ3) is 1.31. The minimum absolute atomic E-state index is 0.0770. The van der Waals surface area contributed by atoms with Crippen molar-refractivity contribution in [2.45, 2.75) is 32.7 Å². The second-order valence-electron chi connectivity index (χ2n) is 4.30. The molecule has 0 aliphatic carbocycles. The Balaban J connectivity index is 3.00. The SMILES string of the molecule is C=C1CC(=C)N(C(C)(C)C)C1=C. The van der Waals surface area contributed by atoms with Crippen LogP contribution in [0.1, 0.15) is 27.2 Å². The summed E-state index contributed by atoms with van der Waals surface area (Å²) < 4.78 is 0. The molecule has 1 rings (SSSR count). The molecule has 66 valence electrons. The fourth-order valence-corrected chi connectivity index (χ4v) is 1.66. The minimum atomic E-state index is 0.0770. The molecule has 1 fully saturated rings. The predicted octanol–water partition coefficient (Wildman–Crippen LogP) is 3.07. The summed E-state index contributed by atoms with van der Waals surface area (Å²) in [6.07, 6.45) is 0.871. The van der Waals surface area contributed by atoms with Crippen LogP contribution in [0.15, 0.2) is 36.7 Å². The first-order valence-electron chi connectivity index (χ1n) is 4.19. The molecule has 0 amide bonds. The van der Waals surface area contributed by atoms with Crippen LogP contribution in [0.2, 0.25) is 0 Å². The fraction of sp³-hybridized carbons (Fsp3) is 0.455. The monoisotopic (exact) mass is 163 g/mol. The molecule has 1 aliphatic heterocycles. The maximum atomic E-state index is 4.01. The van der Waals surface area contributed by atoms with Crippen LogP contribution in [0.3, 0.4) is 0 Å². The van der Waals surface area contributed by atoms with E-state index in [-0.39, 0.29) is 5.54 Å². The topological polar surface area (TPSA) is 3.24 Å². The lowest BCUT2D eigenvalue weighted by atomic mass is 10.1. The van der Waals surface area contributed by atoms with E-state index >= 15 is 0 Å². The summed E-state index contributed by atoms with van der Waals surface area (Å²) in [6, 6.07) is 0. The first-order valence-corrected chi connectivity index (χ1v) is 4.19. The first-order chi connectivity index (χ1) is 5.34. The average molecular weight is 163 g/mol. The van der Waals surface area contributed by atoms with E-state index in [1.165, 1.54) is 0 Å². The summed E-state index contributed by atoms with van der Waals surface area (Å²) in [5.74, 6) is 0. The van der Waals surface area contributed by atoms with Gasteiger partial charge in [0.15, 0.2) is 0 Å². The van der Waals surface area contributed by atoms with Crippen molar-refractivity contribution in [3.8, 4) is 0 Å². The van der Waals surface area contributed by atoms with E-state index in [1.807, 2.05) is 0 Å². The Hall–Kier alpha value is -0.980. The molecular weight excluding hydrogens is 146 g/mol. The van der Waals surface area contributed by atoms with Gasteiger partial charge in [-0.1, -0.05) is 19.7 Å². The first kappa shape index (κ1) is 9.11. The van der Waals surface area contributed by atoms with Crippen molar-refractivity contribution in [3.63, 3.8) is 0 Å². The van der Waals surface area contributed by atoms with Gasteiger partial charge in [-0.3, -0.25) is 0 Å². The zero-order valence-electron chi connectivity index (χ0n) is 8.28. The fourth-order valence-electron chi connectivity index (χ4n) is 1.66. The maximum absolute atomic E-state index is 4.01. The van der Waals surface area contributed by atoms with Gasteiger partial charge in [0.2, 0.25) is 0 Å². The van der Waals surface area contributed by atoms with Gasteiger partial charge in [0.05, 0.1) is 0 Å². The molecule has 1 saturated heterocycles. The normalized spacial score (nSPS) is 19.2. The Kier molecular flexibility index (Phi) is 1.91. The van der Waals surface area contributed by atoms with Crippen LogP contribution in [-0.2, 0) is 0 Å². The molecule has 0 aromatic rings. The summed E-state index contributed by atoms with van der Waals surface area (Å²) in [5, 5.41) is 0. The van der Waals surface area contributed by atoms with Gasteiger partial charge in [-0.15, -0.1) is 0 Å². The standard InChI is InChI=1S/C11H17N/c1-8-7-9(2)12(10(8)3)11(4,5)6/h1-3,7H2,4-6H3. The lowest BCUT2D eigenvalue weighted by molar-refractivity contribution is 0.256. The quantitative estimate of drug-likeness (QED) is 0.530. The molecule has 0 bridgehead atoms. The summed E-state index contributed by atoms with van der Waals surface area (Å²) in [6.45, 7) is 18.4. The van der Waals surface area contributed by atoms with E-state index in [2.05, 4.69) is 45.4 Å². The van der Waals surface area contributed by atoms with Crippen molar-refractivity contribution in [2.75, 3.05) is 0 Å². The van der Waals surface area contributed by atoms with Gasteiger partial charge in [-0.05, 0) is 26.3 Å². The largest absolute Gasteiger partial charge is 0.340 e. The number of allylic oxidation sites excluding steroid dienone is 2. The van der Waals surface area contributed by atoms with Crippen molar-refractivity contribution in [1.82, 2.24) is 4.90 Å². The van der Waals surface area contributed by atoms with Crippen LogP contribution < -0.4 is 0 Å². The highest BCUT2D eigenvalue weighted by Gasteiger charge is 2.31. The molecule has 1 aliphatic rings. The number of hydrogen-bond acceptors (Lipinski definition) is 1. The highest BCUT2D eigenvalue weighted by atomic mass is 15.2. The zero-order chi connectivity index (χ0) is 9.52. The van der Waals surface area contributed by atoms with Gasteiger partial charge in [-0.25, -0.2) is 0 Å². The van der Waals surface area contributed by atoms with Crippen molar-refractivity contribution in [1.29, 1.82) is 0 Å². The molecule has 1 nitrogen and oxygen atoms in total. The van der Waals surface area contributed by atoms with Crippen LogP contribution in [0.25, 0.3) is 0 Å². The summed E-state index contributed by atoms with van der Waals surface area (Å²) >= 11 is 0. The Bertz CT molecular complexity index is 253. The van der Waals surface area contributed by atoms with E-state index in [9.17, 15) is 0 Å². The van der Waals surface area contributed by atoms with E-state index < -0.39 is 0 Å². The molecule has 0 spiro atoms. The van der Waals surface area contributed by atoms with E-state index in [0.717, 1.165) is 23.4 Å². The van der Waals surface area contributed by atoms with Crippen LogP contribution in [0, 0.1) is 0 Å². The van der Waals surface area contributed by atoms with Crippen LogP contribution in [0.5, 0.6) is 0 Å². The third-order valence-corrected chi connectivity index (χ3v) is 2.08. The van der Waals surface area contributed by atoms with Crippen LogP contribution in [-0.4, -0.2) is 10.4 Å². The highest BCUT2D eigenvalue weighted by Crippen LogP contribution is 2.37. The number of likely N-dealkylation sites (tertiary alicyclic amines) is 1. The lowest BCUT2D eigenvalue weighted by Gasteiger charge is -2.35. The van der Waals surface area contributed by atoms with Gasteiger partial charge in [0.1, 0.15) is 0 Å². The number of rotatable bonds is 0. The zero-order valence-corrected chi connectivity index (χ0v) is 8.28. The van der Waals surface area contributed by atoms with Gasteiger partial charge in [0, 0.05) is 23.4 Å². The molecule has 1 heteroatoms. The smallest absolute Gasteiger partial charge is 0.0370 e. The van der Waals surface area contributed by atoms with E-state index in [4.69, 9.17) is 0 Å². The molecule has 1 heterocycles. The summed E-state index contributed by atoms with van der Waals surface area (Å²) in [5.41, 5.74) is 3.30. The van der Waals surface area contributed by atoms with Gasteiger partial charge in [0.25, 0.3) is 0 Å². The van der Waals surface area contributed by atoms with E-state index in [1.54, 1.807) is 0 Å². The second kappa shape index (κ2) is 2.51. The third-order valence-electron chi connectivity index (χ3n) is 2.08. The minimum Gasteiger partial charge on any atom is -0.340 e. The van der Waals surface area contributed by atoms with Crippen LogP contribution >= 0.6 is 0 Å². The molecule has 0 aromatic carbocycles. The number of nitrogens with zero attached hydrogens (tertiary/aromatic N) is 1. The second-order valence-corrected chi connectivity index (χ2v) is 4.30. The number of hydrogen-bond donors (Lipinski definition) is 0. The Morgan fingerprint density at radius 2 is 1.67 bits per heavy atom. The lowest BCUT2D eigenvalue weighted by Crippen LogP contribution is -2.36. The average Bonchev–Trinajstić information content (AvgIpc) is 2.05. The van der Waals surface area contributed by atoms with Gasteiger partial charge in [-0.2, -0.15) is 0 Å². The molecule has 0 unspecified atom stereocenters. The molecule has 12 heavy (non-hydrogen) atoms.